The first-order valence-electron chi connectivity index (χ1n) is 9.21. The van der Waals surface area contributed by atoms with Gasteiger partial charge in [0.25, 0.3) is 0 Å². The summed E-state index contributed by atoms with van der Waals surface area (Å²) in [5, 5.41) is 30.8. The Labute approximate surface area is 175 Å². The highest BCUT2D eigenvalue weighted by molar-refractivity contribution is 9.10. The number of nitrogens with zero attached hydrogens (tertiary/aromatic N) is 1. The van der Waals surface area contributed by atoms with Crippen LogP contribution in [0.25, 0.3) is 22.3 Å². The van der Waals surface area contributed by atoms with Crippen LogP contribution in [0.5, 0.6) is 11.5 Å². The Hall–Kier alpha value is -2.55. The molecule has 2 atom stereocenters. The smallest absolute Gasteiger partial charge is 0.197 e. The lowest BCUT2D eigenvalue weighted by Crippen LogP contribution is -2.32. The molecule has 0 aliphatic carbocycles. The normalized spacial score (nSPS) is 19.8. The Morgan fingerprint density at radius 2 is 2.00 bits per heavy atom. The van der Waals surface area contributed by atoms with Gasteiger partial charge in [-0.2, -0.15) is 0 Å². The van der Waals surface area contributed by atoms with E-state index >= 15 is 0 Å². The van der Waals surface area contributed by atoms with Gasteiger partial charge in [-0.05, 0) is 54.1 Å². The molecule has 1 aliphatic heterocycles. The van der Waals surface area contributed by atoms with Crippen molar-refractivity contribution in [2.45, 2.75) is 18.4 Å². The van der Waals surface area contributed by atoms with Crippen LogP contribution in [0, 0.1) is 0 Å². The highest BCUT2D eigenvalue weighted by Gasteiger charge is 2.36. The SMILES string of the molecule is CN1CC[C@@H](c2c(O)cc(O)c3c(=O)cc(-c4ccc(N)cc4Br)oc23)[C@@H]1CO. The summed E-state index contributed by atoms with van der Waals surface area (Å²) in [5.74, 6) is -0.468. The first-order chi connectivity index (χ1) is 13.8. The number of hydrogen-bond acceptors (Lipinski definition) is 7. The van der Waals surface area contributed by atoms with Crippen LogP contribution < -0.4 is 11.2 Å². The largest absolute Gasteiger partial charge is 0.507 e. The predicted octanol–water partition coefficient (Wildman–Crippen LogP) is 3.00. The van der Waals surface area contributed by atoms with Crippen LogP contribution in [0.3, 0.4) is 0 Å². The fourth-order valence-electron chi connectivity index (χ4n) is 4.16. The topological polar surface area (TPSA) is 120 Å². The van der Waals surface area contributed by atoms with E-state index in [1.807, 2.05) is 11.9 Å². The van der Waals surface area contributed by atoms with Crippen LogP contribution in [0.1, 0.15) is 17.9 Å². The van der Waals surface area contributed by atoms with Gasteiger partial charge in [-0.1, -0.05) is 0 Å². The number of likely N-dealkylation sites (tertiary alicyclic amines) is 1. The molecular weight excluding hydrogens is 440 g/mol. The molecule has 0 bridgehead atoms. The minimum absolute atomic E-state index is 0.0133. The van der Waals surface area contributed by atoms with E-state index in [0.29, 0.717) is 27.7 Å². The van der Waals surface area contributed by atoms with Crippen molar-refractivity contribution in [3.63, 3.8) is 0 Å². The summed E-state index contributed by atoms with van der Waals surface area (Å²) >= 11 is 3.43. The Bertz CT molecular complexity index is 1160. The number of aliphatic hydroxyl groups excluding tert-OH is 1. The number of aliphatic hydroxyl groups is 1. The van der Waals surface area contributed by atoms with E-state index in [-0.39, 0.29) is 46.8 Å². The monoisotopic (exact) mass is 460 g/mol. The highest BCUT2D eigenvalue weighted by atomic mass is 79.9. The summed E-state index contributed by atoms with van der Waals surface area (Å²) in [6, 6.07) is 7.37. The van der Waals surface area contributed by atoms with Crippen molar-refractivity contribution in [1.82, 2.24) is 4.90 Å². The van der Waals surface area contributed by atoms with Gasteiger partial charge in [-0.3, -0.25) is 4.79 Å². The van der Waals surface area contributed by atoms with E-state index in [9.17, 15) is 20.1 Å². The van der Waals surface area contributed by atoms with E-state index in [1.54, 1.807) is 18.2 Å². The molecule has 152 valence electrons. The van der Waals surface area contributed by atoms with Gasteiger partial charge in [0.1, 0.15) is 28.2 Å². The maximum absolute atomic E-state index is 12.9. The quantitative estimate of drug-likeness (QED) is 0.443. The highest BCUT2D eigenvalue weighted by Crippen LogP contribution is 2.44. The molecule has 0 radical (unpaired) electrons. The molecule has 4 rings (SSSR count). The lowest BCUT2D eigenvalue weighted by atomic mass is 9.89. The van der Waals surface area contributed by atoms with Gasteiger partial charge in [0.05, 0.1) is 6.61 Å². The Balaban J connectivity index is 2.01. The summed E-state index contributed by atoms with van der Waals surface area (Å²) in [7, 11) is 1.90. The number of phenolic OH excluding ortho intramolecular Hbond substituents is 2. The van der Waals surface area contributed by atoms with Crippen molar-refractivity contribution in [3.8, 4) is 22.8 Å². The zero-order valence-corrected chi connectivity index (χ0v) is 17.3. The average molecular weight is 461 g/mol. The molecule has 0 saturated carbocycles. The summed E-state index contributed by atoms with van der Waals surface area (Å²) in [6.45, 7) is 0.627. The molecule has 1 saturated heterocycles. The minimum Gasteiger partial charge on any atom is -0.507 e. The van der Waals surface area contributed by atoms with E-state index in [2.05, 4.69) is 15.9 Å². The molecule has 8 heteroatoms. The third-order valence-electron chi connectivity index (χ3n) is 5.64. The minimum atomic E-state index is -0.421. The molecule has 0 spiro atoms. The second kappa shape index (κ2) is 7.37. The second-order valence-corrected chi connectivity index (χ2v) is 8.23. The summed E-state index contributed by atoms with van der Waals surface area (Å²) in [6.07, 6.45) is 0.675. The molecule has 2 aromatic carbocycles. The summed E-state index contributed by atoms with van der Waals surface area (Å²) < 4.78 is 6.74. The molecule has 29 heavy (non-hydrogen) atoms. The number of fused-ring (bicyclic) bond motifs is 1. The fourth-order valence-corrected chi connectivity index (χ4v) is 4.75. The molecule has 1 aliphatic rings. The fraction of sp³-hybridized carbons (Fsp3) is 0.286. The van der Waals surface area contributed by atoms with Crippen LogP contribution in [0.4, 0.5) is 5.69 Å². The third kappa shape index (κ3) is 3.27. The average Bonchev–Trinajstić information content (AvgIpc) is 3.01. The molecular formula is C21H21BrN2O5. The van der Waals surface area contributed by atoms with E-state index < -0.39 is 5.43 Å². The van der Waals surface area contributed by atoms with Crippen LogP contribution in [-0.2, 0) is 0 Å². The van der Waals surface area contributed by atoms with Gasteiger partial charge in [-0.15, -0.1) is 0 Å². The van der Waals surface area contributed by atoms with Crippen molar-refractivity contribution in [3.05, 3.63) is 50.6 Å². The maximum Gasteiger partial charge on any atom is 0.197 e. The number of hydrogen-bond donors (Lipinski definition) is 4. The summed E-state index contributed by atoms with van der Waals surface area (Å²) in [5.41, 5.74) is 7.11. The molecule has 1 fully saturated rings. The maximum atomic E-state index is 12.9. The van der Waals surface area contributed by atoms with Gasteiger partial charge < -0.3 is 30.4 Å². The van der Waals surface area contributed by atoms with Gasteiger partial charge in [-0.25, -0.2) is 0 Å². The van der Waals surface area contributed by atoms with Gasteiger partial charge >= 0.3 is 0 Å². The number of nitrogen functional groups attached to an aromatic ring is 1. The zero-order chi connectivity index (χ0) is 20.9. The first-order valence-corrected chi connectivity index (χ1v) is 10.00. The van der Waals surface area contributed by atoms with Crippen molar-refractivity contribution in [2.75, 3.05) is 25.9 Å². The number of aromatic hydroxyl groups is 2. The van der Waals surface area contributed by atoms with E-state index in [1.165, 1.54) is 12.1 Å². The van der Waals surface area contributed by atoms with E-state index in [0.717, 1.165) is 6.54 Å². The lowest BCUT2D eigenvalue weighted by Gasteiger charge is -2.24. The Morgan fingerprint density at radius 1 is 1.24 bits per heavy atom. The van der Waals surface area contributed by atoms with Crippen molar-refractivity contribution in [2.24, 2.45) is 0 Å². The molecule has 7 nitrogen and oxygen atoms in total. The molecule has 0 unspecified atom stereocenters. The molecule has 3 aromatic rings. The van der Waals surface area contributed by atoms with Gasteiger partial charge in [0.15, 0.2) is 5.43 Å². The van der Waals surface area contributed by atoms with Crippen LogP contribution in [-0.4, -0.2) is 46.5 Å². The first kappa shape index (κ1) is 19.8. The number of nitrogens with two attached hydrogens (primary N) is 1. The molecule has 0 amide bonds. The standard InChI is InChI=1S/C21H21BrN2O5/c1-24-5-4-12(14(24)9-25)19-15(26)7-16(27)20-17(28)8-18(29-21(19)20)11-3-2-10(23)6-13(11)22/h2-3,6-8,12,14,25-27H,4-5,9,23H2,1H3/t12-,14+/m1/s1. The van der Waals surface area contributed by atoms with Crippen molar-refractivity contribution >= 4 is 32.6 Å². The number of anilines is 1. The molecule has 2 heterocycles. The Kier molecular flexibility index (Phi) is 5.02. The van der Waals surface area contributed by atoms with E-state index in [4.69, 9.17) is 10.2 Å². The number of phenols is 2. The van der Waals surface area contributed by atoms with Crippen LogP contribution in [0.2, 0.25) is 0 Å². The van der Waals surface area contributed by atoms with Gasteiger partial charge in [0.2, 0.25) is 0 Å². The van der Waals surface area contributed by atoms with Crippen LogP contribution in [0.15, 0.2) is 44.0 Å². The number of rotatable bonds is 3. The van der Waals surface area contributed by atoms with Crippen molar-refractivity contribution < 1.29 is 19.7 Å². The van der Waals surface area contributed by atoms with Gasteiger partial charge in [0, 0.05) is 45.4 Å². The second-order valence-electron chi connectivity index (χ2n) is 7.37. The molecule has 5 N–H and O–H groups in total. The Morgan fingerprint density at radius 3 is 2.69 bits per heavy atom. The third-order valence-corrected chi connectivity index (χ3v) is 6.29. The number of likely N-dealkylation sites (N-methyl/N-ethyl adjacent to an activating group) is 1. The number of benzene rings is 2. The predicted molar refractivity (Wildman–Crippen MR) is 114 cm³/mol. The summed E-state index contributed by atoms with van der Waals surface area (Å²) in [4.78, 5) is 14.9. The van der Waals surface area contributed by atoms with Crippen molar-refractivity contribution in [1.29, 1.82) is 0 Å². The number of halogens is 1. The lowest BCUT2D eigenvalue weighted by molar-refractivity contribution is 0.172. The van der Waals surface area contributed by atoms with Crippen LogP contribution >= 0.6 is 15.9 Å². The molecule has 1 aromatic heterocycles. The zero-order valence-electron chi connectivity index (χ0n) is 15.7.